The minimum atomic E-state index is 1.51. The van der Waals surface area contributed by atoms with Gasteiger partial charge in [-0.05, 0) is 6.92 Å². The van der Waals surface area contributed by atoms with Gasteiger partial charge in [-0.1, -0.05) is 6.08 Å². The summed E-state index contributed by atoms with van der Waals surface area (Å²) < 4.78 is 4.26. The second kappa shape index (κ2) is 3.54. The van der Waals surface area contributed by atoms with Gasteiger partial charge in [-0.15, -0.1) is 0 Å². The molecule has 0 aromatic rings. The lowest BCUT2D eigenvalue weighted by Gasteiger charge is -1.75. The molecule has 1 nitrogen and oxygen atoms in total. The van der Waals surface area contributed by atoms with Crippen molar-refractivity contribution in [2.75, 3.05) is 0 Å². The fourth-order valence-electron chi connectivity index (χ4n) is 0.0962. The summed E-state index contributed by atoms with van der Waals surface area (Å²) in [6.45, 7) is 1.87. The van der Waals surface area contributed by atoms with Crippen LogP contribution in [0.1, 0.15) is 6.92 Å². The van der Waals surface area contributed by atoms with Gasteiger partial charge < -0.3 is 4.74 Å². The van der Waals surface area contributed by atoms with Crippen molar-refractivity contribution in [3.05, 3.63) is 19.4 Å². The van der Waals surface area contributed by atoms with Crippen LogP contribution in [0.3, 0.4) is 0 Å². The lowest BCUT2D eigenvalue weighted by atomic mass is 10.7. The monoisotopic (exact) mass is 71.0 g/mol. The molecule has 5 heavy (non-hydrogen) atoms. The van der Waals surface area contributed by atoms with Crippen LogP contribution >= 0.6 is 0 Å². The van der Waals surface area contributed by atoms with Gasteiger partial charge in [0.15, 0.2) is 0 Å². The van der Waals surface area contributed by atoms with Crippen molar-refractivity contribution in [1.29, 1.82) is 0 Å². The first-order chi connectivity index (χ1) is 2.41. The molecular weight excluding hydrogens is 64.0 g/mol. The third-order valence-electron chi connectivity index (χ3n) is 0.232. The summed E-state index contributed by atoms with van der Waals surface area (Å²) in [5.41, 5.74) is 0. The maximum absolute atomic E-state index is 4.26. The molecule has 0 aliphatic heterocycles. The molecule has 0 bridgehead atoms. The highest BCUT2D eigenvalue weighted by molar-refractivity contribution is 4.64. The largest absolute Gasteiger partial charge is 0.498 e. The Bertz CT molecular complexity index is 30.6. The predicted molar refractivity (Wildman–Crippen MR) is 21.3 cm³/mol. The molecule has 0 saturated carbocycles. The molecule has 1 heteroatoms. The van der Waals surface area contributed by atoms with E-state index in [9.17, 15) is 0 Å². The van der Waals surface area contributed by atoms with Gasteiger partial charge in [-0.2, -0.15) is 0 Å². The van der Waals surface area contributed by atoms with Crippen LogP contribution in [-0.2, 0) is 4.74 Å². The molecule has 0 aliphatic rings. The number of hydrogen-bond acceptors (Lipinski definition) is 1. The molecular formula is C4H7O. The molecule has 0 rings (SSSR count). The molecule has 1 radical (unpaired) electrons. The Morgan fingerprint density at radius 2 is 2.40 bits per heavy atom. The summed E-state index contributed by atoms with van der Waals surface area (Å²) in [7, 11) is 3.09. The molecule has 0 unspecified atom stereocenters. The highest BCUT2D eigenvalue weighted by atomic mass is 16.5. The zero-order valence-corrected chi connectivity index (χ0v) is 3.27. The number of allylic oxidation sites excluding steroid dienone is 1. The van der Waals surface area contributed by atoms with Gasteiger partial charge in [0.1, 0.15) is 7.11 Å². The average molecular weight is 71.1 g/mol. The smallest absolute Gasteiger partial charge is 0.121 e. The number of hydrogen-bond donors (Lipinski definition) is 0. The molecule has 0 aromatic carbocycles. The Morgan fingerprint density at radius 1 is 1.80 bits per heavy atom. The maximum atomic E-state index is 4.26. The Hall–Kier alpha value is -0.460. The Morgan fingerprint density at radius 3 is 2.40 bits per heavy atom. The first-order valence-corrected chi connectivity index (χ1v) is 1.44. The SMILES string of the molecule is [CH2]OC=CC. The molecule has 0 fully saturated rings. The van der Waals surface area contributed by atoms with Crippen molar-refractivity contribution >= 4 is 0 Å². The van der Waals surface area contributed by atoms with Gasteiger partial charge in [0.2, 0.25) is 0 Å². The standard InChI is InChI=1S/C4H7O/c1-3-4-5-2/h3-4H,2H2,1H3. The van der Waals surface area contributed by atoms with Gasteiger partial charge in [0.25, 0.3) is 0 Å². The number of ether oxygens (including phenoxy) is 1. The minimum Gasteiger partial charge on any atom is -0.498 e. The molecule has 0 spiro atoms. The first kappa shape index (κ1) is 4.54. The van der Waals surface area contributed by atoms with E-state index in [0.29, 0.717) is 0 Å². The highest BCUT2D eigenvalue weighted by Crippen LogP contribution is 1.66. The zero-order chi connectivity index (χ0) is 4.12. The summed E-state index contributed by atoms with van der Waals surface area (Å²) in [6, 6.07) is 0. The predicted octanol–water partition coefficient (Wildman–Crippen LogP) is 1.33. The van der Waals surface area contributed by atoms with Crippen molar-refractivity contribution in [2.45, 2.75) is 6.92 Å². The molecule has 0 heterocycles. The molecule has 0 saturated heterocycles. The normalized spacial score (nSPS) is 9.20. The summed E-state index contributed by atoms with van der Waals surface area (Å²) in [6.07, 6.45) is 3.28. The second-order valence-electron chi connectivity index (χ2n) is 0.636. The van der Waals surface area contributed by atoms with E-state index >= 15 is 0 Å². The van der Waals surface area contributed by atoms with E-state index in [1.807, 2.05) is 6.92 Å². The van der Waals surface area contributed by atoms with E-state index in [1.165, 1.54) is 6.26 Å². The molecule has 0 atom stereocenters. The molecule has 0 N–H and O–H groups in total. The molecule has 29 valence electrons. The lowest BCUT2D eigenvalue weighted by molar-refractivity contribution is 0.393. The van der Waals surface area contributed by atoms with Gasteiger partial charge in [-0.3, -0.25) is 0 Å². The molecule has 0 amide bonds. The van der Waals surface area contributed by atoms with E-state index in [2.05, 4.69) is 11.8 Å². The molecule has 0 aliphatic carbocycles. The maximum Gasteiger partial charge on any atom is 0.121 e. The van der Waals surface area contributed by atoms with Crippen molar-refractivity contribution in [2.24, 2.45) is 0 Å². The van der Waals surface area contributed by atoms with E-state index in [-0.39, 0.29) is 0 Å². The van der Waals surface area contributed by atoms with Crippen molar-refractivity contribution in [3.8, 4) is 0 Å². The number of rotatable bonds is 1. The fraction of sp³-hybridized carbons (Fsp3) is 0.250. The Labute approximate surface area is 32.3 Å². The second-order valence-corrected chi connectivity index (χ2v) is 0.636. The van der Waals surface area contributed by atoms with Crippen LogP contribution < -0.4 is 0 Å². The van der Waals surface area contributed by atoms with Crippen LogP contribution in [0.4, 0.5) is 0 Å². The Kier molecular flexibility index (Phi) is 3.21. The third kappa shape index (κ3) is 3.54. The van der Waals surface area contributed by atoms with Gasteiger partial charge in [0.05, 0.1) is 6.26 Å². The van der Waals surface area contributed by atoms with E-state index in [0.717, 1.165) is 0 Å². The van der Waals surface area contributed by atoms with Crippen LogP contribution in [0.15, 0.2) is 12.3 Å². The van der Waals surface area contributed by atoms with Crippen molar-refractivity contribution < 1.29 is 4.74 Å². The van der Waals surface area contributed by atoms with E-state index in [4.69, 9.17) is 0 Å². The van der Waals surface area contributed by atoms with E-state index in [1.54, 1.807) is 6.08 Å². The van der Waals surface area contributed by atoms with Crippen LogP contribution in [0, 0.1) is 7.11 Å². The van der Waals surface area contributed by atoms with Gasteiger partial charge >= 0.3 is 0 Å². The van der Waals surface area contributed by atoms with Crippen molar-refractivity contribution in [3.63, 3.8) is 0 Å². The topological polar surface area (TPSA) is 9.23 Å². The minimum absolute atomic E-state index is 1.51. The van der Waals surface area contributed by atoms with Gasteiger partial charge in [0, 0.05) is 0 Å². The molecule has 0 aromatic heterocycles. The quantitative estimate of drug-likeness (QED) is 0.424. The summed E-state index contributed by atoms with van der Waals surface area (Å²) in [5.74, 6) is 0. The summed E-state index contributed by atoms with van der Waals surface area (Å²) in [4.78, 5) is 0. The summed E-state index contributed by atoms with van der Waals surface area (Å²) in [5, 5.41) is 0. The average Bonchev–Trinajstić information content (AvgIpc) is 1.41. The van der Waals surface area contributed by atoms with Crippen LogP contribution in [0.5, 0.6) is 0 Å². The summed E-state index contributed by atoms with van der Waals surface area (Å²) >= 11 is 0. The fourth-order valence-corrected chi connectivity index (χ4v) is 0.0962. The zero-order valence-electron chi connectivity index (χ0n) is 3.27. The van der Waals surface area contributed by atoms with Crippen LogP contribution in [0.2, 0.25) is 0 Å². The Balaban J connectivity index is 2.62. The van der Waals surface area contributed by atoms with Crippen molar-refractivity contribution in [1.82, 2.24) is 0 Å². The first-order valence-electron chi connectivity index (χ1n) is 1.44. The van der Waals surface area contributed by atoms with Gasteiger partial charge in [-0.25, -0.2) is 0 Å². The van der Waals surface area contributed by atoms with Crippen LogP contribution in [-0.4, -0.2) is 0 Å². The third-order valence-corrected chi connectivity index (χ3v) is 0.232. The highest BCUT2D eigenvalue weighted by Gasteiger charge is 1.47. The lowest BCUT2D eigenvalue weighted by Crippen LogP contribution is -1.52. The van der Waals surface area contributed by atoms with Crippen LogP contribution in [0.25, 0.3) is 0 Å². The van der Waals surface area contributed by atoms with E-state index < -0.39 is 0 Å².